The fraction of sp³-hybridized carbons (Fsp3) is 0.100. The van der Waals surface area contributed by atoms with Crippen molar-refractivity contribution in [3.63, 3.8) is 0 Å². The van der Waals surface area contributed by atoms with Gasteiger partial charge < -0.3 is 9.72 Å². The van der Waals surface area contributed by atoms with Gasteiger partial charge in [-0.15, -0.1) is 0 Å². The number of hydrogen-bond acceptors (Lipinski definition) is 5. The molecule has 0 unspecified atom stereocenters. The number of aromatic amines is 1. The van der Waals surface area contributed by atoms with Gasteiger partial charge in [-0.1, -0.05) is 18.2 Å². The minimum atomic E-state index is -0.457. The minimum Gasteiger partial charge on any atom is -0.461 e. The highest BCUT2D eigenvalue weighted by atomic mass is 16.6. The van der Waals surface area contributed by atoms with Crippen molar-refractivity contribution in [2.24, 2.45) is 0 Å². The Balaban J connectivity index is 1.91. The molecule has 8 heteroatoms. The number of fused-ring (bicyclic) bond motifs is 1. The molecule has 0 spiro atoms. The van der Waals surface area contributed by atoms with E-state index in [9.17, 15) is 14.9 Å². The molecular weight excluding hydrogens is 360 g/mol. The van der Waals surface area contributed by atoms with Crippen LogP contribution in [-0.4, -0.2) is 32.3 Å². The van der Waals surface area contributed by atoms with Crippen molar-refractivity contribution < 1.29 is 14.5 Å². The number of nitrogens with zero attached hydrogens (tertiary/aromatic N) is 3. The molecule has 28 heavy (non-hydrogen) atoms. The summed E-state index contributed by atoms with van der Waals surface area (Å²) < 4.78 is 6.80. The van der Waals surface area contributed by atoms with Crippen molar-refractivity contribution in [2.75, 3.05) is 6.61 Å². The first-order chi connectivity index (χ1) is 13.6. The van der Waals surface area contributed by atoms with Gasteiger partial charge in [0.15, 0.2) is 0 Å². The Morgan fingerprint density at radius 1 is 1.18 bits per heavy atom. The van der Waals surface area contributed by atoms with E-state index in [0.29, 0.717) is 22.4 Å². The van der Waals surface area contributed by atoms with Crippen molar-refractivity contribution in [2.45, 2.75) is 6.92 Å². The highest BCUT2D eigenvalue weighted by Crippen LogP contribution is 2.32. The van der Waals surface area contributed by atoms with Gasteiger partial charge in [-0.25, -0.2) is 9.48 Å². The van der Waals surface area contributed by atoms with Crippen molar-refractivity contribution in [1.29, 1.82) is 0 Å². The van der Waals surface area contributed by atoms with Crippen LogP contribution in [-0.2, 0) is 4.74 Å². The van der Waals surface area contributed by atoms with E-state index in [2.05, 4.69) is 10.1 Å². The zero-order valence-corrected chi connectivity index (χ0v) is 15.0. The van der Waals surface area contributed by atoms with Crippen LogP contribution in [0.2, 0.25) is 0 Å². The number of esters is 1. The molecule has 2 aromatic carbocycles. The van der Waals surface area contributed by atoms with Gasteiger partial charge in [0.05, 0.1) is 28.4 Å². The molecule has 0 saturated carbocycles. The van der Waals surface area contributed by atoms with E-state index in [4.69, 9.17) is 4.74 Å². The lowest BCUT2D eigenvalue weighted by atomic mass is 10.1. The first-order valence-corrected chi connectivity index (χ1v) is 8.67. The van der Waals surface area contributed by atoms with E-state index in [1.807, 2.05) is 30.3 Å². The molecule has 0 amide bonds. The number of ether oxygens (including phenoxy) is 1. The Morgan fingerprint density at radius 2 is 1.89 bits per heavy atom. The fourth-order valence-corrected chi connectivity index (χ4v) is 3.05. The summed E-state index contributed by atoms with van der Waals surface area (Å²) in [6.45, 7) is 2.01. The number of non-ortho nitro benzene ring substituents is 1. The maximum absolute atomic E-state index is 12.1. The summed E-state index contributed by atoms with van der Waals surface area (Å²) >= 11 is 0. The van der Waals surface area contributed by atoms with E-state index < -0.39 is 10.9 Å². The molecule has 0 aliphatic carbocycles. The van der Waals surface area contributed by atoms with Crippen LogP contribution in [0.3, 0.4) is 0 Å². The van der Waals surface area contributed by atoms with E-state index >= 15 is 0 Å². The maximum Gasteiger partial charge on any atom is 0.354 e. The number of carbonyl (C=O) groups is 1. The van der Waals surface area contributed by atoms with E-state index in [0.717, 1.165) is 11.3 Å². The maximum atomic E-state index is 12.1. The van der Waals surface area contributed by atoms with Crippen LogP contribution in [0.5, 0.6) is 0 Å². The third-order valence-corrected chi connectivity index (χ3v) is 4.30. The molecule has 2 aromatic heterocycles. The second-order valence-electron chi connectivity index (χ2n) is 6.06. The molecule has 140 valence electrons. The van der Waals surface area contributed by atoms with Crippen LogP contribution in [0.4, 0.5) is 5.69 Å². The number of para-hydroxylation sites is 1. The third kappa shape index (κ3) is 3.01. The SMILES string of the molecule is CCOC(=O)c1cc2nn(-c3ccccc3)c(-c3ccc([N+](=O)[O-])cc3)c2[nH]1. The molecule has 0 aliphatic rings. The standard InChI is InChI=1S/C20H16N4O4/c1-2-28-20(25)17-12-16-18(21-17)19(13-8-10-15(11-9-13)24(26)27)23(22-16)14-6-4-3-5-7-14/h3-12,21H,2H2,1H3. The molecule has 2 heterocycles. The molecule has 0 bridgehead atoms. The predicted octanol–water partition coefficient (Wildman–Crippen LogP) is 4.11. The summed E-state index contributed by atoms with van der Waals surface area (Å²) in [5.74, 6) is -0.457. The zero-order chi connectivity index (χ0) is 19.7. The average molecular weight is 376 g/mol. The Labute approximate surface area is 159 Å². The molecule has 0 saturated heterocycles. The lowest BCUT2D eigenvalue weighted by Crippen LogP contribution is -2.05. The predicted molar refractivity (Wildman–Crippen MR) is 103 cm³/mol. The normalized spacial score (nSPS) is 10.9. The molecule has 0 aliphatic heterocycles. The first-order valence-electron chi connectivity index (χ1n) is 8.67. The van der Waals surface area contributed by atoms with Crippen molar-refractivity contribution in [1.82, 2.24) is 14.8 Å². The van der Waals surface area contributed by atoms with Crippen molar-refractivity contribution in [3.8, 4) is 16.9 Å². The number of aromatic nitrogens is 3. The number of benzene rings is 2. The number of nitrogens with one attached hydrogen (secondary N) is 1. The van der Waals surface area contributed by atoms with Crippen molar-refractivity contribution in [3.05, 3.63) is 76.5 Å². The van der Waals surface area contributed by atoms with Crippen LogP contribution >= 0.6 is 0 Å². The number of H-pyrrole nitrogens is 1. The van der Waals surface area contributed by atoms with Gasteiger partial charge >= 0.3 is 5.97 Å². The summed E-state index contributed by atoms with van der Waals surface area (Å²) in [6, 6.07) is 17.4. The summed E-state index contributed by atoms with van der Waals surface area (Å²) in [7, 11) is 0. The van der Waals surface area contributed by atoms with E-state index in [1.165, 1.54) is 12.1 Å². The topological polar surface area (TPSA) is 103 Å². The Hall–Kier alpha value is -3.94. The minimum absolute atomic E-state index is 0.00414. The van der Waals surface area contributed by atoms with Gasteiger partial charge in [-0.3, -0.25) is 10.1 Å². The summed E-state index contributed by atoms with van der Waals surface area (Å²) in [4.78, 5) is 25.7. The summed E-state index contributed by atoms with van der Waals surface area (Å²) in [6.07, 6.45) is 0. The molecule has 0 atom stereocenters. The number of nitro groups is 1. The van der Waals surface area contributed by atoms with Crippen LogP contribution in [0.15, 0.2) is 60.7 Å². The molecule has 1 N–H and O–H groups in total. The average Bonchev–Trinajstić information content (AvgIpc) is 3.27. The van der Waals surface area contributed by atoms with Crippen LogP contribution in [0.25, 0.3) is 28.0 Å². The molecule has 4 aromatic rings. The second kappa shape index (κ2) is 6.99. The van der Waals surface area contributed by atoms with E-state index in [-0.39, 0.29) is 12.3 Å². The first kappa shape index (κ1) is 17.5. The quantitative estimate of drug-likeness (QED) is 0.321. The number of carbonyl (C=O) groups excluding carboxylic acids is 1. The number of rotatable bonds is 5. The molecule has 8 nitrogen and oxygen atoms in total. The van der Waals surface area contributed by atoms with E-state index in [1.54, 1.807) is 29.8 Å². The van der Waals surface area contributed by atoms with Gasteiger partial charge in [0.1, 0.15) is 11.2 Å². The summed E-state index contributed by atoms with van der Waals surface area (Å²) in [5.41, 5.74) is 3.83. The smallest absolute Gasteiger partial charge is 0.354 e. The highest BCUT2D eigenvalue weighted by Gasteiger charge is 2.20. The Bertz CT molecular complexity index is 1160. The monoisotopic (exact) mass is 376 g/mol. The fourth-order valence-electron chi connectivity index (χ4n) is 3.05. The third-order valence-electron chi connectivity index (χ3n) is 4.30. The molecule has 0 fully saturated rings. The Kier molecular flexibility index (Phi) is 4.36. The Morgan fingerprint density at radius 3 is 2.54 bits per heavy atom. The number of nitro benzene ring substituents is 1. The summed E-state index contributed by atoms with van der Waals surface area (Å²) in [5, 5.41) is 15.6. The van der Waals surface area contributed by atoms with Gasteiger partial charge in [0.2, 0.25) is 0 Å². The van der Waals surface area contributed by atoms with Crippen LogP contribution < -0.4 is 0 Å². The number of hydrogen-bond donors (Lipinski definition) is 1. The van der Waals surface area contributed by atoms with Gasteiger partial charge in [0.25, 0.3) is 5.69 Å². The zero-order valence-electron chi connectivity index (χ0n) is 15.0. The largest absolute Gasteiger partial charge is 0.461 e. The van der Waals surface area contributed by atoms with Crippen LogP contribution in [0.1, 0.15) is 17.4 Å². The lowest BCUT2D eigenvalue weighted by Gasteiger charge is -2.08. The highest BCUT2D eigenvalue weighted by molar-refractivity contribution is 5.98. The van der Waals surface area contributed by atoms with Crippen LogP contribution in [0, 0.1) is 10.1 Å². The van der Waals surface area contributed by atoms with Gasteiger partial charge in [-0.05, 0) is 37.3 Å². The molecule has 4 rings (SSSR count). The molecular formula is C20H16N4O4. The van der Waals surface area contributed by atoms with Gasteiger partial charge in [-0.2, -0.15) is 5.10 Å². The molecule has 0 radical (unpaired) electrons. The van der Waals surface area contributed by atoms with Gasteiger partial charge in [0, 0.05) is 17.7 Å². The lowest BCUT2D eigenvalue weighted by molar-refractivity contribution is -0.384. The second-order valence-corrected chi connectivity index (χ2v) is 6.06. The van der Waals surface area contributed by atoms with Crippen molar-refractivity contribution >= 4 is 22.7 Å².